The van der Waals surface area contributed by atoms with Crippen LogP contribution in [0.15, 0.2) is 50.7 Å². The summed E-state index contributed by atoms with van der Waals surface area (Å²) in [7, 11) is 0. The Balaban J connectivity index is 2.60. The van der Waals surface area contributed by atoms with Gasteiger partial charge in [-0.05, 0) is 18.4 Å². The summed E-state index contributed by atoms with van der Waals surface area (Å²) < 4.78 is 5.55. The molecule has 2 nitrogen and oxygen atoms in total. The number of benzene rings is 1. The van der Waals surface area contributed by atoms with Crippen molar-refractivity contribution < 1.29 is 4.42 Å². The van der Waals surface area contributed by atoms with Crippen LogP contribution in [0.25, 0.3) is 11.3 Å². The Morgan fingerprint density at radius 1 is 1.25 bits per heavy atom. The average molecular weight is 253 g/mol. The minimum atomic E-state index is -0.0782. The van der Waals surface area contributed by atoms with Crippen molar-refractivity contribution in [2.24, 2.45) is 0 Å². The van der Waals surface area contributed by atoms with Crippen molar-refractivity contribution in [1.82, 2.24) is 0 Å². The lowest BCUT2D eigenvalue weighted by Crippen LogP contribution is -1.97. The first-order valence-electron chi connectivity index (χ1n) is 4.65. The molecule has 0 radical (unpaired) electrons. The molecule has 82 valence electrons. The van der Waals surface area contributed by atoms with E-state index in [1.54, 1.807) is 6.07 Å². The fraction of sp³-hybridized carbons (Fsp3) is 0.0833. The first-order valence-corrected chi connectivity index (χ1v) is 6.25. The zero-order valence-electron chi connectivity index (χ0n) is 8.57. The van der Waals surface area contributed by atoms with Crippen molar-refractivity contribution >= 4 is 23.4 Å². The van der Waals surface area contributed by atoms with Crippen LogP contribution in [-0.2, 0) is 0 Å². The minimum Gasteiger partial charge on any atom is -0.450 e. The van der Waals surface area contributed by atoms with E-state index >= 15 is 0 Å². The summed E-state index contributed by atoms with van der Waals surface area (Å²) >= 11 is 7.43. The van der Waals surface area contributed by atoms with E-state index in [2.05, 4.69) is 0 Å². The van der Waals surface area contributed by atoms with E-state index in [4.69, 9.17) is 16.0 Å². The Kier molecular flexibility index (Phi) is 3.36. The second-order valence-electron chi connectivity index (χ2n) is 3.16. The summed E-state index contributed by atoms with van der Waals surface area (Å²) in [5, 5.41) is 1.16. The lowest BCUT2D eigenvalue weighted by molar-refractivity contribution is 0.468. The third kappa shape index (κ3) is 2.31. The van der Waals surface area contributed by atoms with E-state index in [9.17, 15) is 4.79 Å². The van der Waals surface area contributed by atoms with Crippen LogP contribution in [-0.4, -0.2) is 6.26 Å². The summed E-state index contributed by atoms with van der Waals surface area (Å²) in [6.07, 6.45) is 1.86. The van der Waals surface area contributed by atoms with Gasteiger partial charge in [-0.1, -0.05) is 35.5 Å². The monoisotopic (exact) mass is 252 g/mol. The molecule has 0 aliphatic carbocycles. The fourth-order valence-electron chi connectivity index (χ4n) is 1.35. The van der Waals surface area contributed by atoms with E-state index < -0.39 is 0 Å². The van der Waals surface area contributed by atoms with Crippen molar-refractivity contribution in [2.45, 2.75) is 5.09 Å². The lowest BCUT2D eigenvalue weighted by atomic mass is 10.1. The number of halogens is 1. The quantitative estimate of drug-likeness (QED) is 0.764. The Bertz CT molecular complexity index is 563. The van der Waals surface area contributed by atoms with Gasteiger partial charge in [0.15, 0.2) is 10.5 Å². The number of thioether (sulfide) groups is 1. The SMILES string of the molecule is CSc1cc(=O)cc(-c2ccccc2Cl)o1. The highest BCUT2D eigenvalue weighted by Gasteiger charge is 2.07. The van der Waals surface area contributed by atoms with E-state index in [0.29, 0.717) is 15.9 Å². The van der Waals surface area contributed by atoms with Crippen LogP contribution in [0.3, 0.4) is 0 Å². The molecule has 0 fully saturated rings. The predicted molar refractivity (Wildman–Crippen MR) is 67.2 cm³/mol. The lowest BCUT2D eigenvalue weighted by Gasteiger charge is -2.04. The molecule has 0 amide bonds. The van der Waals surface area contributed by atoms with Crippen molar-refractivity contribution in [3.63, 3.8) is 0 Å². The third-order valence-electron chi connectivity index (χ3n) is 2.08. The zero-order chi connectivity index (χ0) is 11.5. The zero-order valence-corrected chi connectivity index (χ0v) is 10.1. The van der Waals surface area contributed by atoms with Crippen LogP contribution in [0.4, 0.5) is 0 Å². The molecule has 0 aliphatic rings. The highest BCUT2D eigenvalue weighted by atomic mass is 35.5. The molecule has 0 spiro atoms. The Morgan fingerprint density at radius 3 is 2.69 bits per heavy atom. The predicted octanol–water partition coefficient (Wildman–Crippen LogP) is 3.68. The Hall–Kier alpha value is -1.19. The molecule has 0 unspecified atom stereocenters. The van der Waals surface area contributed by atoms with E-state index in [-0.39, 0.29) is 5.43 Å². The van der Waals surface area contributed by atoms with Crippen LogP contribution in [0.2, 0.25) is 5.02 Å². The van der Waals surface area contributed by atoms with Crippen molar-refractivity contribution in [3.05, 3.63) is 51.6 Å². The molecule has 2 aromatic rings. The van der Waals surface area contributed by atoms with E-state index in [1.807, 2.05) is 24.5 Å². The second-order valence-corrected chi connectivity index (χ2v) is 4.38. The Labute approximate surface area is 102 Å². The highest BCUT2D eigenvalue weighted by molar-refractivity contribution is 7.98. The van der Waals surface area contributed by atoms with Gasteiger partial charge in [-0.25, -0.2) is 0 Å². The molecular weight excluding hydrogens is 244 g/mol. The van der Waals surface area contributed by atoms with Gasteiger partial charge in [-0.2, -0.15) is 0 Å². The minimum absolute atomic E-state index is 0.0782. The molecule has 1 heterocycles. The third-order valence-corrected chi connectivity index (χ3v) is 3.02. The molecule has 0 saturated heterocycles. The van der Waals surface area contributed by atoms with Crippen LogP contribution < -0.4 is 5.43 Å². The second kappa shape index (κ2) is 4.76. The molecule has 1 aromatic heterocycles. The Morgan fingerprint density at radius 2 is 2.00 bits per heavy atom. The maximum Gasteiger partial charge on any atom is 0.186 e. The van der Waals surface area contributed by atoms with Gasteiger partial charge in [0.1, 0.15) is 5.76 Å². The van der Waals surface area contributed by atoms with Gasteiger partial charge < -0.3 is 4.42 Å². The van der Waals surface area contributed by atoms with Gasteiger partial charge >= 0.3 is 0 Å². The van der Waals surface area contributed by atoms with Crippen LogP contribution in [0.1, 0.15) is 0 Å². The maximum absolute atomic E-state index is 11.4. The smallest absolute Gasteiger partial charge is 0.186 e. The highest BCUT2D eigenvalue weighted by Crippen LogP contribution is 2.28. The summed E-state index contributed by atoms with van der Waals surface area (Å²) in [5.74, 6) is 0.502. The summed E-state index contributed by atoms with van der Waals surface area (Å²) in [6.45, 7) is 0. The molecule has 0 atom stereocenters. The number of rotatable bonds is 2. The molecule has 0 bridgehead atoms. The van der Waals surface area contributed by atoms with Gasteiger partial charge in [0, 0.05) is 17.7 Å². The first-order chi connectivity index (χ1) is 7.70. The molecule has 2 rings (SSSR count). The first kappa shape index (κ1) is 11.3. The van der Waals surface area contributed by atoms with Crippen LogP contribution >= 0.6 is 23.4 Å². The van der Waals surface area contributed by atoms with Gasteiger partial charge in [0.2, 0.25) is 0 Å². The summed E-state index contributed by atoms with van der Waals surface area (Å²) in [4.78, 5) is 11.4. The van der Waals surface area contributed by atoms with Crippen LogP contribution in [0, 0.1) is 0 Å². The largest absolute Gasteiger partial charge is 0.450 e. The van der Waals surface area contributed by atoms with Gasteiger partial charge in [0.25, 0.3) is 0 Å². The molecular formula is C12H9ClO2S. The van der Waals surface area contributed by atoms with Crippen molar-refractivity contribution in [2.75, 3.05) is 6.26 Å². The summed E-state index contributed by atoms with van der Waals surface area (Å²) in [6, 6.07) is 10.2. The fourth-order valence-corrected chi connectivity index (χ4v) is 1.98. The normalized spacial score (nSPS) is 10.4. The molecule has 0 saturated carbocycles. The number of hydrogen-bond donors (Lipinski definition) is 0. The maximum atomic E-state index is 11.4. The standard InChI is InChI=1S/C12H9ClO2S/c1-16-12-7-8(14)6-11(15-12)9-4-2-3-5-10(9)13/h2-7H,1H3. The van der Waals surface area contributed by atoms with Crippen LogP contribution in [0.5, 0.6) is 0 Å². The van der Waals surface area contributed by atoms with Gasteiger partial charge in [0.05, 0.1) is 5.02 Å². The van der Waals surface area contributed by atoms with Gasteiger partial charge in [-0.15, -0.1) is 0 Å². The molecule has 0 aliphatic heterocycles. The van der Waals surface area contributed by atoms with Gasteiger partial charge in [-0.3, -0.25) is 4.79 Å². The molecule has 16 heavy (non-hydrogen) atoms. The van der Waals surface area contributed by atoms with E-state index in [1.165, 1.54) is 23.9 Å². The average Bonchev–Trinajstić information content (AvgIpc) is 2.28. The van der Waals surface area contributed by atoms with Crippen molar-refractivity contribution in [3.8, 4) is 11.3 Å². The topological polar surface area (TPSA) is 30.2 Å². The molecule has 0 N–H and O–H groups in total. The summed E-state index contributed by atoms with van der Waals surface area (Å²) in [5.41, 5.74) is 0.655. The molecule has 1 aromatic carbocycles. The van der Waals surface area contributed by atoms with Crippen molar-refractivity contribution in [1.29, 1.82) is 0 Å². The van der Waals surface area contributed by atoms with E-state index in [0.717, 1.165) is 5.56 Å². The molecule has 4 heteroatoms. The number of hydrogen-bond acceptors (Lipinski definition) is 3.